The van der Waals surface area contributed by atoms with Crippen molar-refractivity contribution in [1.29, 1.82) is 0 Å². The summed E-state index contributed by atoms with van der Waals surface area (Å²) in [6.45, 7) is 3.52. The molecule has 1 heterocycles. The lowest BCUT2D eigenvalue weighted by Gasteiger charge is -2.16. The number of benzene rings is 3. The van der Waals surface area contributed by atoms with Gasteiger partial charge in [0.1, 0.15) is 0 Å². The van der Waals surface area contributed by atoms with Crippen molar-refractivity contribution in [2.24, 2.45) is 16.3 Å². The zero-order valence-corrected chi connectivity index (χ0v) is 18.7. The van der Waals surface area contributed by atoms with Gasteiger partial charge in [-0.1, -0.05) is 34.7 Å². The maximum absolute atomic E-state index is 13.4. The van der Waals surface area contributed by atoms with Gasteiger partial charge in [-0.2, -0.15) is 26.3 Å². The van der Waals surface area contributed by atoms with Crippen molar-refractivity contribution in [2.75, 3.05) is 0 Å². The van der Waals surface area contributed by atoms with Crippen LogP contribution >= 0.6 is 0 Å². The summed E-state index contributed by atoms with van der Waals surface area (Å²) in [6.07, 6.45) is -9.82. The molecular weight excluding hydrogens is 472 g/mol. The highest BCUT2D eigenvalue weighted by Crippen LogP contribution is 2.38. The molecule has 5 nitrogen and oxygen atoms in total. The summed E-state index contributed by atoms with van der Waals surface area (Å²) < 4.78 is 82.1. The number of hydrogen-bond donors (Lipinski definition) is 2. The van der Waals surface area contributed by atoms with Crippen molar-refractivity contribution in [3.8, 4) is 0 Å². The molecule has 3 N–H and O–H groups in total. The average Bonchev–Trinajstić information content (AvgIpc) is 3.10. The van der Waals surface area contributed by atoms with Gasteiger partial charge in [0, 0.05) is 22.8 Å². The van der Waals surface area contributed by atoms with Crippen LogP contribution in [0.25, 0.3) is 21.8 Å². The second-order valence-corrected chi connectivity index (χ2v) is 8.32. The van der Waals surface area contributed by atoms with E-state index in [1.165, 1.54) is 0 Å². The van der Waals surface area contributed by atoms with Crippen molar-refractivity contribution in [1.82, 2.24) is 9.99 Å². The lowest BCUT2D eigenvalue weighted by molar-refractivity contribution is -0.143. The summed E-state index contributed by atoms with van der Waals surface area (Å²) in [4.78, 5) is 0. The third-order valence-corrected chi connectivity index (χ3v) is 5.88. The standard InChI is InChI=1S/C24H21F6N5/c1-13-7-16(14(2)32-34-33-31)10-20-19-5-3-4-6-21(19)35(22(13)20)12-15-8-17(23(25,26)27)11-18(9-15)24(28,29)30/h3-11,14H,12H2,1-2H3,(H2,31,34)(H,32,33). The Labute approximate surface area is 196 Å². The molecule has 11 heteroatoms. The van der Waals surface area contributed by atoms with Crippen LogP contribution in [0.5, 0.6) is 0 Å². The Morgan fingerprint density at radius 1 is 0.914 bits per heavy atom. The number of fused-ring (bicyclic) bond motifs is 3. The molecule has 3 aromatic carbocycles. The summed E-state index contributed by atoms with van der Waals surface area (Å²) in [6, 6.07) is 12.5. The first kappa shape index (κ1) is 24.4. The first-order chi connectivity index (χ1) is 16.4. The fourth-order valence-electron chi connectivity index (χ4n) is 4.33. The highest BCUT2D eigenvalue weighted by Gasteiger charge is 2.37. The average molecular weight is 493 g/mol. The number of nitrogens with one attached hydrogen (secondary N) is 1. The minimum absolute atomic E-state index is 0.100. The van der Waals surface area contributed by atoms with Crippen LogP contribution in [0, 0.1) is 6.92 Å². The molecule has 0 saturated carbocycles. The zero-order chi connectivity index (χ0) is 25.5. The Morgan fingerprint density at radius 3 is 2.14 bits per heavy atom. The van der Waals surface area contributed by atoms with E-state index in [0.717, 1.165) is 34.0 Å². The fraction of sp³-hybridized carbons (Fsp3) is 0.250. The Morgan fingerprint density at radius 2 is 1.54 bits per heavy atom. The lowest BCUT2D eigenvalue weighted by atomic mass is 10.0. The number of para-hydroxylation sites is 1. The maximum atomic E-state index is 13.4. The van der Waals surface area contributed by atoms with Gasteiger partial charge < -0.3 is 10.4 Å². The topological polar surface area (TPSA) is 67.7 Å². The first-order valence-corrected chi connectivity index (χ1v) is 10.6. The SMILES string of the molecule is Cc1cc(C(C)NN=NN)cc2c3ccccc3n(Cc3cc(C(F)(F)F)cc(C(F)(F)F)c3)c12. The van der Waals surface area contributed by atoms with Crippen molar-refractivity contribution in [3.05, 3.63) is 82.4 Å². The molecule has 0 fully saturated rings. The summed E-state index contributed by atoms with van der Waals surface area (Å²) in [5.74, 6) is 5.05. The number of aromatic nitrogens is 1. The van der Waals surface area contributed by atoms with Crippen LogP contribution in [-0.2, 0) is 18.9 Å². The molecule has 1 aromatic heterocycles. The molecule has 0 aliphatic carbocycles. The van der Waals surface area contributed by atoms with Crippen LogP contribution in [0.15, 0.2) is 65.0 Å². The molecular formula is C24H21F6N5. The minimum atomic E-state index is -4.91. The molecule has 0 radical (unpaired) electrons. The van der Waals surface area contributed by atoms with Gasteiger partial charge in [-0.15, -0.1) is 0 Å². The summed E-state index contributed by atoms with van der Waals surface area (Å²) in [7, 11) is 0. The van der Waals surface area contributed by atoms with E-state index in [2.05, 4.69) is 15.9 Å². The molecule has 0 saturated heterocycles. The van der Waals surface area contributed by atoms with Crippen LogP contribution in [0.2, 0.25) is 0 Å². The molecule has 184 valence electrons. The number of nitrogens with zero attached hydrogens (tertiary/aromatic N) is 3. The van der Waals surface area contributed by atoms with Crippen LogP contribution in [0.3, 0.4) is 0 Å². The Hall–Kier alpha value is -3.76. The molecule has 4 rings (SSSR count). The summed E-state index contributed by atoms with van der Waals surface area (Å²) in [5.41, 5.74) is 3.09. The third kappa shape index (κ3) is 4.75. The highest BCUT2D eigenvalue weighted by atomic mass is 19.4. The number of rotatable bonds is 5. The van der Waals surface area contributed by atoms with Crippen molar-refractivity contribution in [2.45, 2.75) is 38.8 Å². The van der Waals surface area contributed by atoms with Gasteiger partial charge in [0.25, 0.3) is 0 Å². The summed E-state index contributed by atoms with van der Waals surface area (Å²) >= 11 is 0. The number of nitrogens with two attached hydrogens (primary N) is 1. The molecule has 1 unspecified atom stereocenters. The molecule has 1 atom stereocenters. The first-order valence-electron chi connectivity index (χ1n) is 10.6. The predicted octanol–water partition coefficient (Wildman–Crippen LogP) is 7.08. The van der Waals surface area contributed by atoms with E-state index in [-0.39, 0.29) is 24.2 Å². The van der Waals surface area contributed by atoms with Gasteiger partial charge in [-0.25, -0.2) is 0 Å². The largest absolute Gasteiger partial charge is 0.416 e. The molecule has 35 heavy (non-hydrogen) atoms. The minimum Gasteiger partial charge on any atom is -0.336 e. The lowest BCUT2D eigenvalue weighted by Crippen LogP contribution is -2.13. The number of hydrogen-bond acceptors (Lipinski definition) is 2. The quantitative estimate of drug-likeness (QED) is 0.135. The van der Waals surface area contributed by atoms with Crippen LogP contribution < -0.4 is 11.3 Å². The second-order valence-electron chi connectivity index (χ2n) is 8.32. The van der Waals surface area contributed by atoms with E-state index in [1.54, 1.807) is 16.7 Å². The molecule has 0 spiro atoms. The van der Waals surface area contributed by atoms with E-state index in [9.17, 15) is 26.3 Å². The molecule has 0 aliphatic rings. The van der Waals surface area contributed by atoms with E-state index < -0.39 is 23.5 Å². The van der Waals surface area contributed by atoms with Gasteiger partial charge in [0.15, 0.2) is 0 Å². The van der Waals surface area contributed by atoms with Gasteiger partial charge in [0.05, 0.1) is 22.7 Å². The molecule has 0 bridgehead atoms. The number of alkyl halides is 6. The van der Waals surface area contributed by atoms with Gasteiger partial charge in [0.2, 0.25) is 0 Å². The summed E-state index contributed by atoms with van der Waals surface area (Å²) in [5, 5.41) is 8.43. The van der Waals surface area contributed by atoms with E-state index in [4.69, 9.17) is 5.84 Å². The van der Waals surface area contributed by atoms with Gasteiger partial charge >= 0.3 is 12.4 Å². The van der Waals surface area contributed by atoms with Crippen molar-refractivity contribution >= 4 is 21.8 Å². The van der Waals surface area contributed by atoms with Gasteiger partial charge in [-0.05, 0) is 60.9 Å². The normalized spacial score (nSPS) is 13.7. The monoisotopic (exact) mass is 493 g/mol. The second kappa shape index (κ2) is 8.79. The highest BCUT2D eigenvalue weighted by molar-refractivity contribution is 6.09. The van der Waals surface area contributed by atoms with Crippen LogP contribution in [-0.4, -0.2) is 4.57 Å². The van der Waals surface area contributed by atoms with Crippen molar-refractivity contribution in [3.63, 3.8) is 0 Å². The van der Waals surface area contributed by atoms with E-state index in [0.29, 0.717) is 11.0 Å². The molecule has 4 aromatic rings. The number of halogens is 6. The number of aryl methyl sites for hydroxylation is 1. The van der Waals surface area contributed by atoms with Crippen molar-refractivity contribution < 1.29 is 26.3 Å². The Balaban J connectivity index is 1.92. The predicted molar refractivity (Wildman–Crippen MR) is 120 cm³/mol. The van der Waals surface area contributed by atoms with Crippen LogP contribution in [0.1, 0.15) is 40.8 Å². The van der Waals surface area contributed by atoms with Gasteiger partial charge in [-0.3, -0.25) is 5.43 Å². The maximum Gasteiger partial charge on any atom is 0.416 e. The molecule has 0 amide bonds. The fourth-order valence-corrected chi connectivity index (χ4v) is 4.33. The zero-order valence-electron chi connectivity index (χ0n) is 18.7. The van der Waals surface area contributed by atoms with Crippen LogP contribution in [0.4, 0.5) is 26.3 Å². The Bertz CT molecular complexity index is 1390. The van der Waals surface area contributed by atoms with E-state index >= 15 is 0 Å². The Kier molecular flexibility index (Phi) is 6.12. The third-order valence-electron chi connectivity index (χ3n) is 5.88. The molecule has 0 aliphatic heterocycles. The van der Waals surface area contributed by atoms with E-state index in [1.807, 2.05) is 38.1 Å². The smallest absolute Gasteiger partial charge is 0.336 e.